The van der Waals surface area contributed by atoms with Crippen LogP contribution in [0.25, 0.3) is 0 Å². The van der Waals surface area contributed by atoms with Gasteiger partial charge in [-0.25, -0.2) is 4.79 Å². The Morgan fingerprint density at radius 3 is 2.74 bits per heavy atom. The average Bonchev–Trinajstić information content (AvgIpc) is 2.57. The molecule has 1 saturated carbocycles. The number of amides is 2. The molecule has 0 spiro atoms. The molecule has 1 aromatic rings. The number of nitrogens with zero attached hydrogens (tertiary/aromatic N) is 2. The van der Waals surface area contributed by atoms with E-state index < -0.39 is 0 Å². The summed E-state index contributed by atoms with van der Waals surface area (Å²) in [6.45, 7) is 2.26. The zero-order chi connectivity index (χ0) is 15.8. The molecule has 2 atom stereocenters. The molecular weight excluding hydrogens is 290 g/mol. The van der Waals surface area contributed by atoms with Gasteiger partial charge in [-0.3, -0.25) is 4.79 Å². The first-order chi connectivity index (χ1) is 11.2. The first kappa shape index (κ1) is 14.8. The summed E-state index contributed by atoms with van der Waals surface area (Å²) >= 11 is 0. The van der Waals surface area contributed by atoms with Crippen LogP contribution < -0.4 is 10.9 Å². The number of rotatable bonds is 1. The van der Waals surface area contributed by atoms with E-state index in [0.29, 0.717) is 17.9 Å². The Balaban J connectivity index is 1.47. The number of urea groups is 1. The summed E-state index contributed by atoms with van der Waals surface area (Å²) in [4.78, 5) is 26.6. The Labute approximate surface area is 136 Å². The van der Waals surface area contributed by atoms with Crippen molar-refractivity contribution in [3.8, 4) is 0 Å². The van der Waals surface area contributed by atoms with Gasteiger partial charge in [-0.1, -0.05) is 25.3 Å². The van der Waals surface area contributed by atoms with Crippen molar-refractivity contribution in [2.75, 3.05) is 13.1 Å². The van der Waals surface area contributed by atoms with Crippen LogP contribution in [-0.4, -0.2) is 34.6 Å². The molecule has 3 aliphatic rings. The number of hydrogen-bond acceptors (Lipinski definition) is 2. The van der Waals surface area contributed by atoms with E-state index in [1.165, 1.54) is 19.3 Å². The van der Waals surface area contributed by atoms with Gasteiger partial charge in [0.25, 0.3) is 5.56 Å². The third-order valence-electron chi connectivity index (χ3n) is 5.70. The van der Waals surface area contributed by atoms with E-state index in [-0.39, 0.29) is 11.6 Å². The van der Waals surface area contributed by atoms with Crippen LogP contribution >= 0.6 is 0 Å². The molecule has 23 heavy (non-hydrogen) atoms. The van der Waals surface area contributed by atoms with Crippen LogP contribution in [0.4, 0.5) is 4.79 Å². The van der Waals surface area contributed by atoms with Crippen LogP contribution in [0.1, 0.15) is 50.1 Å². The van der Waals surface area contributed by atoms with Gasteiger partial charge in [-0.2, -0.15) is 0 Å². The third kappa shape index (κ3) is 2.89. The number of hydrogen-bond donors (Lipinski definition) is 1. The zero-order valence-electron chi connectivity index (χ0n) is 13.5. The van der Waals surface area contributed by atoms with Crippen LogP contribution in [0.3, 0.4) is 0 Å². The molecule has 1 aromatic heterocycles. The summed E-state index contributed by atoms with van der Waals surface area (Å²) in [5, 5.41) is 3.23. The number of piperidine rings is 1. The number of fused-ring (bicyclic) bond motifs is 4. The lowest BCUT2D eigenvalue weighted by Gasteiger charge is -2.43. The van der Waals surface area contributed by atoms with Gasteiger partial charge in [0.1, 0.15) is 0 Å². The molecule has 4 rings (SSSR count). The summed E-state index contributed by atoms with van der Waals surface area (Å²) in [5.41, 5.74) is 1.20. The maximum atomic E-state index is 12.6. The molecule has 0 aromatic carbocycles. The molecule has 5 heteroatoms. The standard InChI is InChI=1S/C18H25N3O2/c22-17-8-4-7-16-14-9-13(11-21(16)17)10-20(12-14)18(23)19-15-5-2-1-3-6-15/h4,7-8,13-15H,1-3,5-6,9-12H2,(H,19,23)/t13-,14+/m0/s1. The lowest BCUT2D eigenvalue weighted by molar-refractivity contribution is 0.127. The predicted molar refractivity (Wildman–Crippen MR) is 88.5 cm³/mol. The summed E-state index contributed by atoms with van der Waals surface area (Å²) in [7, 11) is 0. The fourth-order valence-corrected chi connectivity index (χ4v) is 4.58. The van der Waals surface area contributed by atoms with Gasteiger partial charge < -0.3 is 14.8 Å². The van der Waals surface area contributed by atoms with Gasteiger partial charge in [-0.05, 0) is 31.2 Å². The number of likely N-dealkylation sites (tertiary alicyclic amines) is 1. The van der Waals surface area contributed by atoms with Crippen LogP contribution in [0.15, 0.2) is 23.0 Å². The van der Waals surface area contributed by atoms with Crippen LogP contribution in [-0.2, 0) is 6.54 Å². The van der Waals surface area contributed by atoms with Crippen molar-refractivity contribution in [1.29, 1.82) is 0 Å². The van der Waals surface area contributed by atoms with Crippen LogP contribution in [0.5, 0.6) is 0 Å². The number of pyridine rings is 1. The Hall–Kier alpha value is -1.78. The molecule has 2 fully saturated rings. The van der Waals surface area contributed by atoms with E-state index in [2.05, 4.69) is 5.32 Å². The van der Waals surface area contributed by atoms with Gasteiger partial charge in [0, 0.05) is 43.4 Å². The third-order valence-corrected chi connectivity index (χ3v) is 5.70. The quantitative estimate of drug-likeness (QED) is 0.864. The van der Waals surface area contributed by atoms with E-state index in [4.69, 9.17) is 0 Å². The SMILES string of the molecule is O=C(NC1CCCCC1)N1C[C@@H]2C[C@H](C1)c1cccc(=O)n1C2. The summed E-state index contributed by atoms with van der Waals surface area (Å²) < 4.78 is 1.91. The van der Waals surface area contributed by atoms with Gasteiger partial charge in [0.15, 0.2) is 0 Å². The molecule has 1 saturated heterocycles. The van der Waals surface area contributed by atoms with Crippen molar-refractivity contribution < 1.29 is 4.79 Å². The highest BCUT2D eigenvalue weighted by atomic mass is 16.2. The van der Waals surface area contributed by atoms with E-state index in [1.54, 1.807) is 6.07 Å². The minimum absolute atomic E-state index is 0.0947. The highest BCUT2D eigenvalue weighted by Crippen LogP contribution is 2.35. The van der Waals surface area contributed by atoms with E-state index >= 15 is 0 Å². The molecule has 2 aliphatic heterocycles. The first-order valence-corrected chi connectivity index (χ1v) is 8.96. The van der Waals surface area contributed by atoms with E-state index in [0.717, 1.165) is 44.6 Å². The fraction of sp³-hybridized carbons (Fsp3) is 0.667. The molecule has 0 radical (unpaired) electrons. The summed E-state index contributed by atoms with van der Waals surface area (Å²) in [6.07, 6.45) is 7.08. The van der Waals surface area contributed by atoms with Crippen molar-refractivity contribution in [2.24, 2.45) is 5.92 Å². The highest BCUT2D eigenvalue weighted by Gasteiger charge is 2.36. The lowest BCUT2D eigenvalue weighted by Crippen LogP contribution is -2.53. The van der Waals surface area contributed by atoms with Crippen molar-refractivity contribution in [2.45, 2.75) is 57.0 Å². The molecule has 5 nitrogen and oxygen atoms in total. The van der Waals surface area contributed by atoms with Gasteiger partial charge in [0.05, 0.1) is 0 Å². The fourth-order valence-electron chi connectivity index (χ4n) is 4.58. The predicted octanol–water partition coefficient (Wildman–Crippen LogP) is 2.31. The first-order valence-electron chi connectivity index (χ1n) is 8.96. The van der Waals surface area contributed by atoms with E-state index in [1.807, 2.05) is 21.6 Å². The van der Waals surface area contributed by atoms with Crippen LogP contribution in [0, 0.1) is 5.92 Å². The minimum atomic E-state index is 0.0947. The van der Waals surface area contributed by atoms with E-state index in [9.17, 15) is 9.59 Å². The molecule has 2 amide bonds. The Morgan fingerprint density at radius 2 is 1.91 bits per heavy atom. The molecular formula is C18H25N3O2. The topological polar surface area (TPSA) is 54.3 Å². The molecule has 124 valence electrons. The average molecular weight is 315 g/mol. The number of aromatic nitrogens is 1. The normalized spacial score (nSPS) is 27.4. The van der Waals surface area contributed by atoms with Crippen molar-refractivity contribution in [1.82, 2.24) is 14.8 Å². The number of carbonyl (C=O) groups excluding carboxylic acids is 1. The second kappa shape index (κ2) is 6.02. The minimum Gasteiger partial charge on any atom is -0.335 e. The lowest BCUT2D eigenvalue weighted by atomic mass is 9.83. The van der Waals surface area contributed by atoms with Crippen LogP contribution in [0.2, 0.25) is 0 Å². The molecule has 3 heterocycles. The largest absolute Gasteiger partial charge is 0.335 e. The second-order valence-electron chi connectivity index (χ2n) is 7.39. The molecule has 2 bridgehead atoms. The number of carbonyl (C=O) groups is 1. The maximum Gasteiger partial charge on any atom is 0.317 e. The van der Waals surface area contributed by atoms with Gasteiger partial charge in [0.2, 0.25) is 0 Å². The molecule has 1 N–H and O–H groups in total. The molecule has 0 unspecified atom stereocenters. The summed E-state index contributed by atoms with van der Waals surface area (Å²) in [6, 6.07) is 5.98. The number of nitrogens with one attached hydrogen (secondary N) is 1. The highest BCUT2D eigenvalue weighted by molar-refractivity contribution is 5.74. The van der Waals surface area contributed by atoms with Gasteiger partial charge >= 0.3 is 6.03 Å². The smallest absolute Gasteiger partial charge is 0.317 e. The van der Waals surface area contributed by atoms with Gasteiger partial charge in [-0.15, -0.1) is 0 Å². The van der Waals surface area contributed by atoms with Crippen molar-refractivity contribution >= 4 is 6.03 Å². The van der Waals surface area contributed by atoms with Crippen molar-refractivity contribution in [3.05, 3.63) is 34.2 Å². The Morgan fingerprint density at radius 1 is 1.09 bits per heavy atom. The maximum absolute atomic E-state index is 12.6. The summed E-state index contributed by atoms with van der Waals surface area (Å²) in [5.74, 6) is 0.701. The Kier molecular flexibility index (Phi) is 3.87. The van der Waals surface area contributed by atoms with Crippen molar-refractivity contribution in [3.63, 3.8) is 0 Å². The Bertz CT molecular complexity index is 648. The molecule has 1 aliphatic carbocycles. The second-order valence-corrected chi connectivity index (χ2v) is 7.39. The monoisotopic (exact) mass is 315 g/mol. The zero-order valence-corrected chi connectivity index (χ0v) is 13.5.